The molecule has 1 unspecified atom stereocenters. The number of aromatic nitrogens is 1. The van der Waals surface area contributed by atoms with Crippen molar-refractivity contribution >= 4 is 26.4 Å². The molecule has 5 nitrogen and oxygen atoms in total. The molecule has 0 radical (unpaired) electrons. The van der Waals surface area contributed by atoms with E-state index in [1.54, 1.807) is 0 Å². The van der Waals surface area contributed by atoms with E-state index in [1.807, 2.05) is 24.3 Å². The monoisotopic (exact) mass is 301 g/mol. The number of anilines is 1. The summed E-state index contributed by atoms with van der Waals surface area (Å²) in [6, 6.07) is 9.62. The number of nitrogens with zero attached hydrogens (tertiary/aromatic N) is 2. The summed E-state index contributed by atoms with van der Waals surface area (Å²) in [6.07, 6.45) is 2.92. The normalized spacial score (nSPS) is 20.2. The molecule has 2 aromatic rings. The van der Waals surface area contributed by atoms with Crippen LogP contribution in [-0.4, -0.2) is 30.9 Å². The summed E-state index contributed by atoms with van der Waals surface area (Å²) in [5.74, 6) is 0.265. The lowest BCUT2D eigenvalue weighted by molar-refractivity contribution is 0.591. The van der Waals surface area contributed by atoms with Crippen molar-refractivity contribution in [1.82, 2.24) is 4.98 Å². The second-order valence-corrected chi connectivity index (χ2v) is 7.59. The predicted molar refractivity (Wildman–Crippen MR) is 81.8 cm³/mol. The van der Waals surface area contributed by atoms with Crippen molar-refractivity contribution in [2.24, 2.45) is 0 Å². The summed E-state index contributed by atoms with van der Waals surface area (Å²) in [5.41, 5.74) is 1.89. The van der Waals surface area contributed by atoms with Gasteiger partial charge in [-0.1, -0.05) is 18.2 Å². The van der Waals surface area contributed by atoms with Crippen molar-refractivity contribution in [3.05, 3.63) is 36.0 Å². The van der Waals surface area contributed by atoms with Crippen LogP contribution in [0, 0.1) is 11.3 Å². The van der Waals surface area contributed by atoms with Gasteiger partial charge in [-0.3, -0.25) is 4.98 Å². The van der Waals surface area contributed by atoms with E-state index in [9.17, 15) is 13.7 Å². The Balaban J connectivity index is 1.95. The molecule has 1 N–H and O–H groups in total. The molecule has 1 aliphatic heterocycles. The fourth-order valence-corrected chi connectivity index (χ4v) is 4.49. The number of hydrogen-bond donors (Lipinski definition) is 1. The van der Waals surface area contributed by atoms with Gasteiger partial charge in [-0.2, -0.15) is 5.26 Å². The number of pyridine rings is 1. The van der Waals surface area contributed by atoms with E-state index in [4.69, 9.17) is 0 Å². The van der Waals surface area contributed by atoms with Gasteiger partial charge in [0.15, 0.2) is 9.84 Å². The molecule has 1 atom stereocenters. The standard InChI is InChI=1S/C15H15N3O2S/c16-8-11-9-17-14-6-2-1-5-13(14)15(11)18-10-12-4-3-7-21(12,19)20/h1-2,5-6,9,12H,3-4,7,10H2,(H,17,18). The minimum absolute atomic E-state index is 0.265. The molecule has 0 amide bonds. The van der Waals surface area contributed by atoms with E-state index in [0.29, 0.717) is 24.2 Å². The molecule has 1 aliphatic rings. The third-order valence-corrected chi connectivity index (χ3v) is 6.14. The average molecular weight is 301 g/mol. The summed E-state index contributed by atoms with van der Waals surface area (Å²) in [7, 11) is -2.99. The summed E-state index contributed by atoms with van der Waals surface area (Å²) >= 11 is 0. The molecular formula is C15H15N3O2S. The quantitative estimate of drug-likeness (QED) is 0.938. The Hall–Kier alpha value is -2.13. The highest BCUT2D eigenvalue weighted by Crippen LogP contribution is 2.27. The van der Waals surface area contributed by atoms with E-state index < -0.39 is 9.84 Å². The maximum absolute atomic E-state index is 11.9. The molecule has 1 aromatic heterocycles. The SMILES string of the molecule is N#Cc1cnc2ccccc2c1NCC1CCCS1(=O)=O. The fourth-order valence-electron chi connectivity index (χ4n) is 2.72. The lowest BCUT2D eigenvalue weighted by Crippen LogP contribution is -2.25. The van der Waals surface area contributed by atoms with Crippen molar-refractivity contribution < 1.29 is 8.42 Å². The minimum atomic E-state index is -2.99. The Bertz CT molecular complexity index is 824. The van der Waals surface area contributed by atoms with Gasteiger partial charge in [0.25, 0.3) is 0 Å². The zero-order chi connectivity index (χ0) is 14.9. The van der Waals surface area contributed by atoms with Crippen molar-refractivity contribution in [1.29, 1.82) is 5.26 Å². The number of nitrogens with one attached hydrogen (secondary N) is 1. The molecule has 6 heteroatoms. The Kier molecular flexibility index (Phi) is 3.52. The number of para-hydroxylation sites is 1. The smallest absolute Gasteiger partial charge is 0.154 e. The Morgan fingerprint density at radius 3 is 2.90 bits per heavy atom. The van der Waals surface area contributed by atoms with Gasteiger partial charge in [0.05, 0.1) is 27.8 Å². The van der Waals surface area contributed by atoms with Crippen LogP contribution in [0.25, 0.3) is 10.9 Å². The van der Waals surface area contributed by atoms with Gasteiger partial charge in [-0.15, -0.1) is 0 Å². The molecule has 0 spiro atoms. The Morgan fingerprint density at radius 2 is 2.19 bits per heavy atom. The van der Waals surface area contributed by atoms with Gasteiger partial charge in [-0.05, 0) is 18.9 Å². The van der Waals surface area contributed by atoms with Gasteiger partial charge >= 0.3 is 0 Å². The molecule has 0 bridgehead atoms. The summed E-state index contributed by atoms with van der Waals surface area (Å²) in [4.78, 5) is 4.24. The van der Waals surface area contributed by atoms with Gasteiger partial charge < -0.3 is 5.32 Å². The largest absolute Gasteiger partial charge is 0.382 e. The van der Waals surface area contributed by atoms with Gasteiger partial charge in [-0.25, -0.2) is 8.42 Å². The van der Waals surface area contributed by atoms with Crippen LogP contribution in [0.3, 0.4) is 0 Å². The van der Waals surface area contributed by atoms with Crippen LogP contribution in [0.1, 0.15) is 18.4 Å². The zero-order valence-electron chi connectivity index (χ0n) is 11.4. The van der Waals surface area contributed by atoms with E-state index in [2.05, 4.69) is 16.4 Å². The fraction of sp³-hybridized carbons (Fsp3) is 0.333. The van der Waals surface area contributed by atoms with Crippen molar-refractivity contribution in [3.63, 3.8) is 0 Å². The van der Waals surface area contributed by atoms with Crippen LogP contribution in [0.15, 0.2) is 30.5 Å². The number of rotatable bonds is 3. The molecular weight excluding hydrogens is 286 g/mol. The summed E-state index contributed by atoms with van der Waals surface area (Å²) in [5, 5.41) is 12.9. The van der Waals surface area contributed by atoms with Crippen LogP contribution in [0.5, 0.6) is 0 Å². The second kappa shape index (κ2) is 5.34. The lowest BCUT2D eigenvalue weighted by Gasteiger charge is -2.14. The first kappa shape index (κ1) is 13.8. The molecule has 108 valence electrons. The van der Waals surface area contributed by atoms with Gasteiger partial charge in [0.1, 0.15) is 6.07 Å². The molecule has 2 heterocycles. The second-order valence-electron chi connectivity index (χ2n) is 5.19. The number of sulfone groups is 1. The van der Waals surface area contributed by atoms with Crippen molar-refractivity contribution in [3.8, 4) is 6.07 Å². The molecule has 1 aromatic carbocycles. The van der Waals surface area contributed by atoms with Crippen molar-refractivity contribution in [2.75, 3.05) is 17.6 Å². The van der Waals surface area contributed by atoms with Crippen molar-refractivity contribution in [2.45, 2.75) is 18.1 Å². The first-order valence-corrected chi connectivity index (χ1v) is 8.56. The topological polar surface area (TPSA) is 82.8 Å². The van der Waals surface area contributed by atoms with E-state index in [1.165, 1.54) is 6.20 Å². The van der Waals surface area contributed by atoms with Crippen LogP contribution < -0.4 is 5.32 Å². The highest BCUT2D eigenvalue weighted by Gasteiger charge is 2.31. The number of hydrogen-bond acceptors (Lipinski definition) is 5. The Labute approximate surface area is 123 Å². The maximum Gasteiger partial charge on any atom is 0.154 e. The predicted octanol–water partition coefficient (Wildman–Crippen LogP) is 2.10. The minimum Gasteiger partial charge on any atom is -0.382 e. The highest BCUT2D eigenvalue weighted by molar-refractivity contribution is 7.92. The third kappa shape index (κ3) is 2.57. The molecule has 1 fully saturated rings. The molecule has 21 heavy (non-hydrogen) atoms. The lowest BCUT2D eigenvalue weighted by atomic mass is 10.1. The zero-order valence-corrected chi connectivity index (χ0v) is 12.2. The van der Waals surface area contributed by atoms with Crippen LogP contribution in [-0.2, 0) is 9.84 Å². The first-order chi connectivity index (χ1) is 10.1. The van der Waals surface area contributed by atoms with Gasteiger partial charge in [0, 0.05) is 18.1 Å². The highest BCUT2D eigenvalue weighted by atomic mass is 32.2. The van der Waals surface area contributed by atoms with E-state index in [0.717, 1.165) is 17.3 Å². The summed E-state index contributed by atoms with van der Waals surface area (Å²) in [6.45, 7) is 0.338. The molecule has 3 rings (SSSR count). The van der Waals surface area contributed by atoms with E-state index >= 15 is 0 Å². The number of nitriles is 1. The first-order valence-electron chi connectivity index (χ1n) is 6.85. The third-order valence-electron chi connectivity index (χ3n) is 3.87. The van der Waals surface area contributed by atoms with Gasteiger partial charge in [0.2, 0.25) is 0 Å². The molecule has 0 saturated carbocycles. The summed E-state index contributed by atoms with van der Waals surface area (Å²) < 4.78 is 23.8. The van der Waals surface area contributed by atoms with Crippen LogP contribution in [0.2, 0.25) is 0 Å². The van der Waals surface area contributed by atoms with E-state index in [-0.39, 0.29) is 11.0 Å². The van der Waals surface area contributed by atoms with Crippen LogP contribution >= 0.6 is 0 Å². The number of benzene rings is 1. The Morgan fingerprint density at radius 1 is 1.38 bits per heavy atom. The number of fused-ring (bicyclic) bond motifs is 1. The van der Waals surface area contributed by atoms with Crippen LogP contribution in [0.4, 0.5) is 5.69 Å². The molecule has 1 saturated heterocycles. The average Bonchev–Trinajstić information content (AvgIpc) is 2.83. The maximum atomic E-state index is 11.9. The molecule has 0 aliphatic carbocycles.